The van der Waals surface area contributed by atoms with Gasteiger partial charge in [0.25, 0.3) is 5.91 Å². The number of piperazine rings is 1. The number of carbonyl (C=O) groups excluding carboxylic acids is 1. The number of nitrogens with zero attached hydrogens (tertiary/aromatic N) is 3. The molecule has 0 saturated carbocycles. The number of anilines is 1. The van der Waals surface area contributed by atoms with Crippen LogP contribution >= 0.6 is 0 Å². The largest absolute Gasteiger partial charge is 0.495 e. The van der Waals surface area contributed by atoms with Crippen LogP contribution in [0.15, 0.2) is 54.7 Å². The molecule has 5 nitrogen and oxygen atoms in total. The van der Waals surface area contributed by atoms with Crippen molar-refractivity contribution in [3.63, 3.8) is 0 Å². The van der Waals surface area contributed by atoms with Crippen LogP contribution < -0.4 is 9.64 Å². The van der Waals surface area contributed by atoms with E-state index in [9.17, 15) is 4.79 Å². The van der Waals surface area contributed by atoms with Gasteiger partial charge in [-0.2, -0.15) is 0 Å². The Kier molecular flexibility index (Phi) is 4.29. The Bertz CT molecular complexity index is 939. The van der Waals surface area contributed by atoms with Gasteiger partial charge in [-0.1, -0.05) is 30.3 Å². The highest BCUT2D eigenvalue weighted by Crippen LogP contribution is 2.29. The van der Waals surface area contributed by atoms with Crippen LogP contribution in [0.1, 0.15) is 10.4 Å². The molecule has 0 spiro atoms. The number of rotatable bonds is 3. The lowest BCUT2D eigenvalue weighted by atomic mass is 10.1. The molecular formula is C21H23N3O2. The number of hydrogen-bond acceptors (Lipinski definition) is 3. The van der Waals surface area contributed by atoms with Crippen LogP contribution in [0.25, 0.3) is 10.9 Å². The molecule has 0 atom stereocenters. The number of amides is 1. The van der Waals surface area contributed by atoms with Gasteiger partial charge in [0.1, 0.15) is 5.75 Å². The highest BCUT2D eigenvalue weighted by atomic mass is 16.5. The van der Waals surface area contributed by atoms with Crippen LogP contribution in [-0.4, -0.2) is 48.7 Å². The minimum Gasteiger partial charge on any atom is -0.495 e. The van der Waals surface area contributed by atoms with Crippen LogP contribution in [0.4, 0.5) is 5.69 Å². The van der Waals surface area contributed by atoms with E-state index in [1.54, 1.807) is 7.11 Å². The Hall–Kier alpha value is -2.95. The Morgan fingerprint density at radius 3 is 2.42 bits per heavy atom. The van der Waals surface area contributed by atoms with E-state index in [0.29, 0.717) is 13.1 Å². The molecule has 1 aliphatic rings. The van der Waals surface area contributed by atoms with Crippen molar-refractivity contribution >= 4 is 22.5 Å². The molecule has 1 aliphatic heterocycles. The van der Waals surface area contributed by atoms with Crippen molar-refractivity contribution in [1.82, 2.24) is 9.47 Å². The number of para-hydroxylation sites is 3. The van der Waals surface area contributed by atoms with Gasteiger partial charge in [0.2, 0.25) is 0 Å². The smallest absolute Gasteiger partial charge is 0.256 e. The van der Waals surface area contributed by atoms with Gasteiger partial charge in [0.15, 0.2) is 0 Å². The van der Waals surface area contributed by atoms with Gasteiger partial charge in [-0.15, -0.1) is 0 Å². The molecule has 1 fully saturated rings. The summed E-state index contributed by atoms with van der Waals surface area (Å²) in [5.41, 5.74) is 2.96. The van der Waals surface area contributed by atoms with Gasteiger partial charge in [-0.3, -0.25) is 4.79 Å². The molecule has 3 aromatic rings. The SMILES string of the molecule is COc1ccccc1N1CCN(C(=O)c2cn(C)c3ccccc23)CC1. The van der Waals surface area contributed by atoms with Crippen LogP contribution in [-0.2, 0) is 7.05 Å². The molecule has 0 aliphatic carbocycles. The first kappa shape index (κ1) is 16.5. The van der Waals surface area contributed by atoms with Gasteiger partial charge >= 0.3 is 0 Å². The molecule has 1 saturated heterocycles. The quantitative estimate of drug-likeness (QED) is 0.729. The maximum absolute atomic E-state index is 13.1. The zero-order chi connectivity index (χ0) is 18.1. The molecule has 26 heavy (non-hydrogen) atoms. The fraction of sp³-hybridized carbons (Fsp3) is 0.286. The third kappa shape index (κ3) is 2.79. The highest BCUT2D eigenvalue weighted by Gasteiger charge is 2.25. The fourth-order valence-electron chi connectivity index (χ4n) is 3.72. The summed E-state index contributed by atoms with van der Waals surface area (Å²) >= 11 is 0. The van der Waals surface area contributed by atoms with Crippen molar-refractivity contribution in [2.24, 2.45) is 7.05 Å². The van der Waals surface area contributed by atoms with Crippen molar-refractivity contribution in [3.8, 4) is 5.75 Å². The Morgan fingerprint density at radius 2 is 1.65 bits per heavy atom. The maximum Gasteiger partial charge on any atom is 0.256 e. The number of hydrogen-bond donors (Lipinski definition) is 0. The normalized spacial score (nSPS) is 14.7. The fourth-order valence-corrected chi connectivity index (χ4v) is 3.72. The van der Waals surface area contributed by atoms with Crippen LogP contribution in [0.2, 0.25) is 0 Å². The summed E-state index contributed by atoms with van der Waals surface area (Å²) in [6, 6.07) is 16.1. The molecule has 1 aromatic heterocycles. The minimum absolute atomic E-state index is 0.112. The standard InChI is InChI=1S/C21H23N3O2/c1-22-15-17(16-7-3-4-8-18(16)22)21(25)24-13-11-23(12-14-24)19-9-5-6-10-20(19)26-2/h3-10,15H,11-14H2,1-2H3. The van der Waals surface area contributed by atoms with Crippen molar-refractivity contribution in [1.29, 1.82) is 0 Å². The van der Waals surface area contributed by atoms with Gasteiger partial charge < -0.3 is 19.1 Å². The van der Waals surface area contributed by atoms with E-state index < -0.39 is 0 Å². The summed E-state index contributed by atoms with van der Waals surface area (Å²) in [6.07, 6.45) is 1.94. The molecule has 0 N–H and O–H groups in total. The van der Waals surface area contributed by atoms with E-state index in [2.05, 4.69) is 11.0 Å². The lowest BCUT2D eigenvalue weighted by Gasteiger charge is -2.36. The first-order valence-corrected chi connectivity index (χ1v) is 8.90. The van der Waals surface area contributed by atoms with E-state index in [0.717, 1.165) is 41.0 Å². The number of fused-ring (bicyclic) bond motifs is 1. The molecule has 0 radical (unpaired) electrons. The number of methoxy groups -OCH3 is 1. The summed E-state index contributed by atoms with van der Waals surface area (Å²) < 4.78 is 7.49. The van der Waals surface area contributed by atoms with E-state index in [4.69, 9.17) is 4.74 Å². The first-order valence-electron chi connectivity index (χ1n) is 8.90. The topological polar surface area (TPSA) is 37.7 Å². The predicted molar refractivity (Wildman–Crippen MR) is 104 cm³/mol. The zero-order valence-corrected chi connectivity index (χ0v) is 15.2. The van der Waals surface area contributed by atoms with Crippen molar-refractivity contribution < 1.29 is 9.53 Å². The summed E-state index contributed by atoms with van der Waals surface area (Å²) in [7, 11) is 3.68. The summed E-state index contributed by atoms with van der Waals surface area (Å²) in [5.74, 6) is 0.989. The summed E-state index contributed by atoms with van der Waals surface area (Å²) in [6.45, 7) is 3.02. The average molecular weight is 349 g/mol. The molecule has 134 valence electrons. The minimum atomic E-state index is 0.112. The van der Waals surface area contributed by atoms with Gasteiger partial charge in [0.05, 0.1) is 18.4 Å². The third-order valence-corrected chi connectivity index (χ3v) is 5.12. The molecule has 1 amide bonds. The van der Waals surface area contributed by atoms with Gasteiger partial charge in [-0.05, 0) is 18.2 Å². The second-order valence-corrected chi connectivity index (χ2v) is 6.62. The summed E-state index contributed by atoms with van der Waals surface area (Å²) in [5, 5.41) is 1.02. The highest BCUT2D eigenvalue weighted by molar-refractivity contribution is 6.07. The van der Waals surface area contributed by atoms with E-state index >= 15 is 0 Å². The van der Waals surface area contributed by atoms with Crippen molar-refractivity contribution in [2.45, 2.75) is 0 Å². The van der Waals surface area contributed by atoms with E-state index in [-0.39, 0.29) is 5.91 Å². The average Bonchev–Trinajstić information content (AvgIpc) is 3.04. The summed E-state index contributed by atoms with van der Waals surface area (Å²) in [4.78, 5) is 17.3. The maximum atomic E-state index is 13.1. The molecule has 4 rings (SSSR count). The Morgan fingerprint density at radius 1 is 0.962 bits per heavy atom. The van der Waals surface area contributed by atoms with Crippen molar-refractivity contribution in [3.05, 3.63) is 60.3 Å². The lowest BCUT2D eigenvalue weighted by molar-refractivity contribution is 0.0748. The zero-order valence-electron chi connectivity index (χ0n) is 15.2. The molecule has 0 unspecified atom stereocenters. The number of ether oxygens (including phenoxy) is 1. The molecule has 0 bridgehead atoms. The molecular weight excluding hydrogens is 326 g/mol. The second kappa shape index (κ2) is 6.75. The van der Waals surface area contributed by atoms with Crippen LogP contribution in [0.5, 0.6) is 5.75 Å². The van der Waals surface area contributed by atoms with Crippen molar-refractivity contribution in [2.75, 3.05) is 38.2 Å². The van der Waals surface area contributed by atoms with Gasteiger partial charge in [-0.25, -0.2) is 0 Å². The number of aromatic nitrogens is 1. The monoisotopic (exact) mass is 349 g/mol. The van der Waals surface area contributed by atoms with E-state index in [1.165, 1.54) is 0 Å². The lowest BCUT2D eigenvalue weighted by Crippen LogP contribution is -2.48. The van der Waals surface area contributed by atoms with E-state index in [1.807, 2.05) is 65.2 Å². The third-order valence-electron chi connectivity index (χ3n) is 5.12. The van der Waals surface area contributed by atoms with Crippen LogP contribution in [0.3, 0.4) is 0 Å². The number of benzene rings is 2. The first-order chi connectivity index (χ1) is 12.7. The number of carbonyl (C=O) groups is 1. The second-order valence-electron chi connectivity index (χ2n) is 6.62. The van der Waals surface area contributed by atoms with Gasteiger partial charge in [0, 0.05) is 50.3 Å². The Labute approximate surface area is 153 Å². The molecule has 2 aromatic carbocycles. The van der Waals surface area contributed by atoms with Crippen LogP contribution in [0, 0.1) is 0 Å². The molecule has 2 heterocycles. The predicted octanol–water partition coefficient (Wildman–Crippen LogP) is 3.15. The molecule has 5 heteroatoms. The Balaban J connectivity index is 1.52. The number of aryl methyl sites for hydroxylation is 1.